The van der Waals surface area contributed by atoms with E-state index in [4.69, 9.17) is 0 Å². The van der Waals surface area contributed by atoms with Crippen LogP contribution in [0.15, 0.2) is 59.8 Å². The lowest BCUT2D eigenvalue weighted by Crippen LogP contribution is -2.15. The molecule has 0 fully saturated rings. The van der Waals surface area contributed by atoms with E-state index in [9.17, 15) is 8.42 Å². The summed E-state index contributed by atoms with van der Waals surface area (Å²) in [5.74, 6) is 0. The number of aromatic nitrogens is 2. The number of hydrogen-bond acceptors (Lipinski definition) is 4. The molecular formula is C18H19N3O2S. The quantitative estimate of drug-likeness (QED) is 0.788. The van der Waals surface area contributed by atoms with Gasteiger partial charge in [0, 0.05) is 12.4 Å². The largest absolute Gasteiger partial charge is 0.280 e. The minimum absolute atomic E-state index is 0.0211. The number of fused-ring (bicyclic) bond motifs is 1. The first-order valence-electron chi connectivity index (χ1n) is 7.60. The number of anilines is 1. The van der Waals surface area contributed by atoms with Crippen molar-refractivity contribution >= 4 is 26.7 Å². The van der Waals surface area contributed by atoms with Crippen LogP contribution in [0, 0.1) is 0 Å². The Labute approximate surface area is 141 Å². The number of benzene rings is 2. The molecule has 0 amide bonds. The molecule has 124 valence electrons. The summed E-state index contributed by atoms with van der Waals surface area (Å²) in [6.45, 7) is 6.26. The number of sulfonamides is 1. The van der Waals surface area contributed by atoms with Crippen LogP contribution in [0.1, 0.15) is 26.3 Å². The van der Waals surface area contributed by atoms with E-state index >= 15 is 0 Å². The van der Waals surface area contributed by atoms with Gasteiger partial charge < -0.3 is 0 Å². The number of nitrogens with one attached hydrogen (secondary N) is 1. The molecule has 1 N–H and O–H groups in total. The van der Waals surface area contributed by atoms with Gasteiger partial charge >= 0.3 is 0 Å². The normalized spacial score (nSPS) is 12.3. The molecule has 5 nitrogen and oxygen atoms in total. The van der Waals surface area contributed by atoms with Gasteiger partial charge in [0.25, 0.3) is 10.0 Å². The molecule has 6 heteroatoms. The van der Waals surface area contributed by atoms with Gasteiger partial charge in [-0.15, -0.1) is 0 Å². The van der Waals surface area contributed by atoms with Crippen molar-refractivity contribution in [1.82, 2.24) is 9.97 Å². The molecule has 0 saturated carbocycles. The molecule has 3 rings (SSSR count). The van der Waals surface area contributed by atoms with Crippen molar-refractivity contribution in [1.29, 1.82) is 0 Å². The van der Waals surface area contributed by atoms with Crippen molar-refractivity contribution in [2.45, 2.75) is 31.1 Å². The van der Waals surface area contributed by atoms with Crippen molar-refractivity contribution in [3.63, 3.8) is 0 Å². The van der Waals surface area contributed by atoms with Crippen LogP contribution in [0.4, 0.5) is 5.69 Å². The molecule has 0 spiro atoms. The molecule has 2 aromatic carbocycles. The van der Waals surface area contributed by atoms with Crippen LogP contribution >= 0.6 is 0 Å². The molecular weight excluding hydrogens is 322 g/mol. The molecule has 1 aromatic heterocycles. The van der Waals surface area contributed by atoms with Gasteiger partial charge in [-0.05, 0) is 41.3 Å². The molecule has 24 heavy (non-hydrogen) atoms. The first kappa shape index (κ1) is 16.4. The minimum atomic E-state index is -3.64. The summed E-state index contributed by atoms with van der Waals surface area (Å²) >= 11 is 0. The first-order valence-corrected chi connectivity index (χ1v) is 9.08. The molecule has 0 saturated heterocycles. The topological polar surface area (TPSA) is 72.0 Å². The van der Waals surface area contributed by atoms with Gasteiger partial charge in [-0.2, -0.15) is 0 Å². The molecule has 0 atom stereocenters. The zero-order chi connectivity index (χ0) is 17.4. The Morgan fingerprint density at radius 2 is 1.50 bits per heavy atom. The average molecular weight is 341 g/mol. The second-order valence-electron chi connectivity index (χ2n) is 6.64. The van der Waals surface area contributed by atoms with E-state index in [1.807, 2.05) is 12.1 Å². The molecule has 0 unspecified atom stereocenters. The van der Waals surface area contributed by atoms with E-state index in [1.54, 1.807) is 42.7 Å². The van der Waals surface area contributed by atoms with Gasteiger partial charge in [-0.1, -0.05) is 32.9 Å². The minimum Gasteiger partial charge on any atom is -0.280 e. The van der Waals surface area contributed by atoms with Crippen LogP contribution in [0.3, 0.4) is 0 Å². The van der Waals surface area contributed by atoms with Gasteiger partial charge in [0.15, 0.2) is 0 Å². The lowest BCUT2D eigenvalue weighted by atomic mass is 9.87. The standard InChI is InChI=1S/C18H19N3O2S/c1-18(2,3)13-4-7-15(8-5-13)24(22,23)21-14-6-9-16-17(12-14)20-11-10-19-16/h4-12,21H,1-3H3. The molecule has 0 bridgehead atoms. The molecule has 3 aromatic rings. The highest BCUT2D eigenvalue weighted by atomic mass is 32.2. The highest BCUT2D eigenvalue weighted by Crippen LogP contribution is 2.24. The molecule has 1 heterocycles. The Kier molecular flexibility index (Phi) is 4.01. The zero-order valence-corrected chi connectivity index (χ0v) is 14.6. The fraction of sp³-hybridized carbons (Fsp3) is 0.222. The monoisotopic (exact) mass is 341 g/mol. The maximum Gasteiger partial charge on any atom is 0.261 e. The fourth-order valence-corrected chi connectivity index (χ4v) is 3.42. The van der Waals surface area contributed by atoms with Gasteiger partial charge in [0.1, 0.15) is 0 Å². The van der Waals surface area contributed by atoms with Gasteiger partial charge in [0.05, 0.1) is 21.6 Å². The maximum absolute atomic E-state index is 12.6. The van der Waals surface area contributed by atoms with E-state index in [0.29, 0.717) is 11.2 Å². The molecule has 0 aliphatic rings. The molecule has 0 aliphatic carbocycles. The lowest BCUT2D eigenvalue weighted by molar-refractivity contribution is 0.587. The summed E-state index contributed by atoms with van der Waals surface area (Å²) in [7, 11) is -3.64. The molecule has 0 aliphatic heterocycles. The SMILES string of the molecule is CC(C)(C)c1ccc(S(=O)(=O)Nc2ccc3nccnc3c2)cc1. The van der Waals surface area contributed by atoms with Crippen LogP contribution < -0.4 is 4.72 Å². The Hall–Kier alpha value is -2.47. The summed E-state index contributed by atoms with van der Waals surface area (Å²) in [4.78, 5) is 8.59. The highest BCUT2D eigenvalue weighted by Gasteiger charge is 2.17. The summed E-state index contributed by atoms with van der Waals surface area (Å²) in [5.41, 5.74) is 2.88. The van der Waals surface area contributed by atoms with Crippen molar-refractivity contribution in [3.05, 3.63) is 60.4 Å². The van der Waals surface area contributed by atoms with E-state index in [1.165, 1.54) is 0 Å². The summed E-state index contributed by atoms with van der Waals surface area (Å²) in [6.07, 6.45) is 3.18. The Bertz CT molecular complexity index is 975. The van der Waals surface area contributed by atoms with Crippen molar-refractivity contribution in [2.75, 3.05) is 4.72 Å². The summed E-state index contributed by atoms with van der Waals surface area (Å²) in [5, 5.41) is 0. The highest BCUT2D eigenvalue weighted by molar-refractivity contribution is 7.92. The molecule has 0 radical (unpaired) electrons. The van der Waals surface area contributed by atoms with Crippen LogP contribution in [0.25, 0.3) is 11.0 Å². The smallest absolute Gasteiger partial charge is 0.261 e. The summed E-state index contributed by atoms with van der Waals surface area (Å²) in [6, 6.07) is 12.0. The van der Waals surface area contributed by atoms with Crippen molar-refractivity contribution < 1.29 is 8.42 Å². The third-order valence-corrected chi connectivity index (χ3v) is 5.15. The maximum atomic E-state index is 12.6. The Morgan fingerprint density at radius 3 is 2.12 bits per heavy atom. The van der Waals surface area contributed by atoms with Crippen molar-refractivity contribution in [3.8, 4) is 0 Å². The lowest BCUT2D eigenvalue weighted by Gasteiger charge is -2.19. The fourth-order valence-electron chi connectivity index (χ4n) is 2.37. The van der Waals surface area contributed by atoms with E-state index in [-0.39, 0.29) is 10.3 Å². The van der Waals surface area contributed by atoms with E-state index in [0.717, 1.165) is 11.1 Å². The third kappa shape index (κ3) is 3.38. The zero-order valence-electron chi connectivity index (χ0n) is 13.8. The van der Waals surface area contributed by atoms with Crippen LogP contribution in [0.2, 0.25) is 0 Å². The van der Waals surface area contributed by atoms with Gasteiger partial charge in [-0.25, -0.2) is 8.42 Å². The predicted molar refractivity (Wildman–Crippen MR) is 95.5 cm³/mol. The van der Waals surface area contributed by atoms with Gasteiger partial charge in [0.2, 0.25) is 0 Å². The summed E-state index contributed by atoms with van der Waals surface area (Å²) < 4.78 is 27.7. The second-order valence-corrected chi connectivity index (χ2v) is 8.32. The average Bonchev–Trinajstić information content (AvgIpc) is 2.54. The van der Waals surface area contributed by atoms with Crippen LogP contribution in [-0.4, -0.2) is 18.4 Å². The van der Waals surface area contributed by atoms with Crippen LogP contribution in [0.5, 0.6) is 0 Å². The number of nitrogens with zero attached hydrogens (tertiary/aromatic N) is 2. The van der Waals surface area contributed by atoms with Gasteiger partial charge in [-0.3, -0.25) is 14.7 Å². The second kappa shape index (κ2) is 5.87. The number of rotatable bonds is 3. The van der Waals surface area contributed by atoms with Crippen LogP contribution in [-0.2, 0) is 15.4 Å². The Balaban J connectivity index is 1.89. The van der Waals surface area contributed by atoms with Crippen molar-refractivity contribution in [2.24, 2.45) is 0 Å². The number of hydrogen-bond donors (Lipinski definition) is 1. The predicted octanol–water partition coefficient (Wildman–Crippen LogP) is 3.73. The third-order valence-electron chi connectivity index (χ3n) is 3.75. The van der Waals surface area contributed by atoms with E-state index < -0.39 is 10.0 Å². The van der Waals surface area contributed by atoms with E-state index in [2.05, 4.69) is 35.5 Å². The Morgan fingerprint density at radius 1 is 0.875 bits per heavy atom. The first-order chi connectivity index (χ1) is 11.3.